The molecule has 2 heterocycles. The lowest BCUT2D eigenvalue weighted by Crippen LogP contribution is -2.65. The van der Waals surface area contributed by atoms with Gasteiger partial charge < -0.3 is 15.1 Å². The van der Waals surface area contributed by atoms with Gasteiger partial charge in [-0.25, -0.2) is 0 Å². The number of carbonyl (C=O) groups excluding carboxylic acids is 2. The van der Waals surface area contributed by atoms with Crippen molar-refractivity contribution in [2.24, 2.45) is 5.41 Å². The lowest BCUT2D eigenvalue weighted by molar-refractivity contribution is -0.180. The zero-order valence-electron chi connectivity index (χ0n) is 19.5. The second-order valence-electron chi connectivity index (χ2n) is 9.89. The van der Waals surface area contributed by atoms with Crippen LogP contribution in [0.2, 0.25) is 0 Å². The number of anilines is 1. The van der Waals surface area contributed by atoms with Crippen LogP contribution in [0.4, 0.5) is 5.69 Å². The van der Waals surface area contributed by atoms with Crippen molar-refractivity contribution in [2.75, 3.05) is 31.1 Å². The monoisotopic (exact) mass is 445 g/mol. The summed E-state index contributed by atoms with van der Waals surface area (Å²) in [6, 6.07) is 19.0. The molecule has 5 rings (SSSR count). The zero-order chi connectivity index (χ0) is 22.7. The molecule has 1 saturated heterocycles. The molecule has 1 N–H and O–H groups in total. The smallest absolute Gasteiger partial charge is 0.239 e. The van der Waals surface area contributed by atoms with Gasteiger partial charge in [0.25, 0.3) is 0 Å². The van der Waals surface area contributed by atoms with Gasteiger partial charge in [0.2, 0.25) is 11.8 Å². The summed E-state index contributed by atoms with van der Waals surface area (Å²) in [4.78, 5) is 30.3. The van der Waals surface area contributed by atoms with E-state index in [0.29, 0.717) is 6.54 Å². The fourth-order valence-electron chi connectivity index (χ4n) is 6.27. The average molecular weight is 446 g/mol. The normalized spacial score (nSPS) is 21.5. The van der Waals surface area contributed by atoms with E-state index in [1.165, 1.54) is 24.1 Å². The van der Waals surface area contributed by atoms with Gasteiger partial charge in [-0.3, -0.25) is 9.59 Å². The topological polar surface area (TPSA) is 52.7 Å². The summed E-state index contributed by atoms with van der Waals surface area (Å²) >= 11 is 0. The highest BCUT2D eigenvalue weighted by Gasteiger charge is 2.60. The molecule has 1 unspecified atom stereocenters. The van der Waals surface area contributed by atoms with E-state index in [0.717, 1.165) is 57.2 Å². The lowest BCUT2D eigenvalue weighted by atomic mass is 9.60. The number of benzene rings is 2. The molecule has 1 saturated carbocycles. The number of fused-ring (bicyclic) bond motifs is 1. The standard InChI is InChI=1S/C28H35N3O2/c32-25(29-18-10-20-30-19-9-14-22-11-5-6-15-24(22)30)21-31-26(23-12-3-1-4-13-23)28(27(31)33)16-7-2-8-17-28/h1,3-6,11-13,15,26H,2,7-10,14,16-21H2,(H,29,32). The van der Waals surface area contributed by atoms with Crippen molar-refractivity contribution in [2.45, 2.75) is 57.4 Å². The van der Waals surface area contributed by atoms with Crippen molar-refractivity contribution >= 4 is 17.5 Å². The van der Waals surface area contributed by atoms with E-state index in [1.807, 2.05) is 23.1 Å². The first-order valence-electron chi connectivity index (χ1n) is 12.6. The molecule has 1 atom stereocenters. The number of hydrogen-bond acceptors (Lipinski definition) is 3. The third-order valence-electron chi connectivity index (χ3n) is 7.83. The average Bonchev–Trinajstić information content (AvgIpc) is 2.87. The minimum atomic E-state index is -0.290. The van der Waals surface area contributed by atoms with Gasteiger partial charge in [-0.15, -0.1) is 0 Å². The van der Waals surface area contributed by atoms with E-state index in [1.54, 1.807) is 0 Å². The lowest BCUT2D eigenvalue weighted by Gasteiger charge is -2.58. The highest BCUT2D eigenvalue weighted by Crippen LogP contribution is 2.57. The fraction of sp³-hybridized carbons (Fsp3) is 0.500. The minimum Gasteiger partial charge on any atom is -0.371 e. The van der Waals surface area contributed by atoms with Gasteiger partial charge in [-0.1, -0.05) is 67.8 Å². The number of hydrogen-bond donors (Lipinski definition) is 1. The highest BCUT2D eigenvalue weighted by atomic mass is 16.2. The van der Waals surface area contributed by atoms with Crippen molar-refractivity contribution in [3.05, 3.63) is 65.7 Å². The molecule has 5 heteroatoms. The molecule has 33 heavy (non-hydrogen) atoms. The number of aryl methyl sites for hydroxylation is 1. The summed E-state index contributed by atoms with van der Waals surface area (Å²) in [5.41, 5.74) is 3.63. The van der Waals surface area contributed by atoms with E-state index < -0.39 is 0 Å². The van der Waals surface area contributed by atoms with Crippen LogP contribution in [0.5, 0.6) is 0 Å². The van der Waals surface area contributed by atoms with Crippen LogP contribution in [0, 0.1) is 5.41 Å². The number of likely N-dealkylation sites (tertiary alicyclic amines) is 1. The van der Waals surface area contributed by atoms with Gasteiger partial charge in [-0.05, 0) is 49.3 Å². The Morgan fingerprint density at radius 2 is 1.73 bits per heavy atom. The summed E-state index contributed by atoms with van der Waals surface area (Å²) < 4.78 is 0. The SMILES string of the molecule is O=C(CN1C(=O)C2(CCCCC2)C1c1ccccc1)NCCCN1CCCc2ccccc21. The van der Waals surface area contributed by atoms with Gasteiger partial charge in [0.1, 0.15) is 6.54 Å². The first-order chi connectivity index (χ1) is 16.2. The van der Waals surface area contributed by atoms with Crippen LogP contribution >= 0.6 is 0 Å². The number of β-lactam (4-membered cyclic amide) rings is 1. The predicted molar refractivity (Wildman–Crippen MR) is 131 cm³/mol. The number of amides is 2. The second-order valence-corrected chi connectivity index (χ2v) is 9.89. The van der Waals surface area contributed by atoms with Crippen LogP contribution in [0.1, 0.15) is 62.1 Å². The Hall–Kier alpha value is -2.82. The van der Waals surface area contributed by atoms with Crippen LogP contribution in [0.15, 0.2) is 54.6 Å². The maximum absolute atomic E-state index is 13.3. The molecule has 2 aromatic carbocycles. The predicted octanol–water partition coefficient (Wildman–Crippen LogP) is 4.48. The zero-order valence-corrected chi connectivity index (χ0v) is 19.5. The molecule has 0 bridgehead atoms. The largest absolute Gasteiger partial charge is 0.371 e. The Morgan fingerprint density at radius 1 is 0.970 bits per heavy atom. The molecule has 1 spiro atoms. The van der Waals surface area contributed by atoms with Gasteiger partial charge in [-0.2, -0.15) is 0 Å². The van der Waals surface area contributed by atoms with Crippen LogP contribution in [0.25, 0.3) is 0 Å². The molecule has 5 nitrogen and oxygen atoms in total. The van der Waals surface area contributed by atoms with E-state index in [-0.39, 0.29) is 29.8 Å². The van der Waals surface area contributed by atoms with E-state index >= 15 is 0 Å². The van der Waals surface area contributed by atoms with Crippen molar-refractivity contribution in [1.29, 1.82) is 0 Å². The molecule has 0 aromatic heterocycles. The van der Waals surface area contributed by atoms with Crippen LogP contribution in [-0.4, -0.2) is 42.9 Å². The number of nitrogens with one attached hydrogen (secondary N) is 1. The number of carbonyl (C=O) groups is 2. The highest BCUT2D eigenvalue weighted by molar-refractivity contribution is 5.94. The summed E-state index contributed by atoms with van der Waals surface area (Å²) in [5, 5.41) is 3.07. The van der Waals surface area contributed by atoms with E-state index in [4.69, 9.17) is 0 Å². The van der Waals surface area contributed by atoms with Gasteiger partial charge >= 0.3 is 0 Å². The third-order valence-corrected chi connectivity index (χ3v) is 7.83. The summed E-state index contributed by atoms with van der Waals surface area (Å²) in [7, 11) is 0. The summed E-state index contributed by atoms with van der Waals surface area (Å²) in [6.45, 7) is 2.82. The van der Waals surface area contributed by atoms with Gasteiger partial charge in [0, 0.05) is 25.3 Å². The van der Waals surface area contributed by atoms with E-state index in [9.17, 15) is 9.59 Å². The first kappa shape index (κ1) is 22.0. The minimum absolute atomic E-state index is 0.0297. The van der Waals surface area contributed by atoms with Crippen LogP contribution in [0.3, 0.4) is 0 Å². The van der Waals surface area contributed by atoms with Crippen molar-refractivity contribution in [1.82, 2.24) is 10.2 Å². The Balaban J connectivity index is 1.16. The van der Waals surface area contributed by atoms with Crippen molar-refractivity contribution in [3.63, 3.8) is 0 Å². The number of para-hydroxylation sites is 1. The van der Waals surface area contributed by atoms with Crippen molar-refractivity contribution < 1.29 is 9.59 Å². The molecule has 0 radical (unpaired) electrons. The quantitative estimate of drug-likeness (QED) is 0.505. The van der Waals surface area contributed by atoms with Crippen LogP contribution < -0.4 is 10.2 Å². The maximum Gasteiger partial charge on any atom is 0.239 e. The van der Waals surface area contributed by atoms with Gasteiger partial charge in [0.05, 0.1) is 11.5 Å². The number of rotatable bonds is 7. The molecular weight excluding hydrogens is 410 g/mol. The Morgan fingerprint density at radius 3 is 2.55 bits per heavy atom. The Kier molecular flexibility index (Phi) is 6.39. The Bertz CT molecular complexity index is 984. The molecule has 2 aliphatic heterocycles. The summed E-state index contributed by atoms with van der Waals surface area (Å²) in [5.74, 6) is 0.130. The molecule has 174 valence electrons. The van der Waals surface area contributed by atoms with Crippen molar-refractivity contribution in [3.8, 4) is 0 Å². The van der Waals surface area contributed by atoms with E-state index in [2.05, 4.69) is 46.6 Å². The molecule has 1 aliphatic carbocycles. The maximum atomic E-state index is 13.3. The second kappa shape index (κ2) is 9.58. The number of nitrogens with zero attached hydrogens (tertiary/aromatic N) is 2. The van der Waals surface area contributed by atoms with Gasteiger partial charge in [0.15, 0.2) is 0 Å². The molecule has 2 amide bonds. The first-order valence-corrected chi connectivity index (χ1v) is 12.6. The third kappa shape index (κ3) is 4.25. The molecule has 2 aromatic rings. The molecular formula is C28H35N3O2. The van der Waals surface area contributed by atoms with Crippen LogP contribution in [-0.2, 0) is 16.0 Å². The molecule has 3 aliphatic rings. The molecule has 2 fully saturated rings. The Labute approximate surface area is 197 Å². The fourth-order valence-corrected chi connectivity index (χ4v) is 6.27. The summed E-state index contributed by atoms with van der Waals surface area (Å²) in [6.07, 6.45) is 8.55.